The Morgan fingerprint density at radius 2 is 2.07 bits per heavy atom. The van der Waals surface area contributed by atoms with E-state index in [0.717, 1.165) is 5.69 Å². The average Bonchev–Trinajstić information content (AvgIpc) is 2.61. The van der Waals surface area contributed by atoms with E-state index in [9.17, 15) is 0 Å². The summed E-state index contributed by atoms with van der Waals surface area (Å²) in [4.78, 5) is 3.29. The van der Waals surface area contributed by atoms with Crippen LogP contribution in [0.15, 0.2) is 30.3 Å². The number of hydrogen-bond donors (Lipinski definition) is 3. The first-order chi connectivity index (χ1) is 7.31. The van der Waals surface area contributed by atoms with Gasteiger partial charge in [-0.2, -0.15) is 5.10 Å². The van der Waals surface area contributed by atoms with Crippen molar-refractivity contribution in [3.8, 4) is 0 Å². The molecule has 0 aliphatic heterocycles. The van der Waals surface area contributed by atoms with Gasteiger partial charge in [0.2, 0.25) is 0 Å². The highest BCUT2D eigenvalue weighted by molar-refractivity contribution is 5.79. The minimum atomic E-state index is 0.281. The molecule has 0 radical (unpaired) electrons. The van der Waals surface area contributed by atoms with Crippen LogP contribution < -0.4 is 11.1 Å². The molecule has 0 aliphatic carbocycles. The lowest BCUT2D eigenvalue weighted by Crippen LogP contribution is -1.89. The quantitative estimate of drug-likeness (QED) is 0.650. The molecule has 0 spiro atoms. The molecule has 74 valence electrons. The number of rotatable bonds is 2. The Morgan fingerprint density at radius 3 is 2.73 bits per heavy atom. The molecule has 1 aromatic carbocycles. The predicted octanol–water partition coefficient (Wildman–Crippen LogP) is 2.29. The van der Waals surface area contributed by atoms with Crippen LogP contribution in [-0.4, -0.2) is 10.2 Å². The number of nitrogen functional groups attached to an aromatic ring is 1. The van der Waals surface area contributed by atoms with E-state index < -0.39 is 0 Å². The molecule has 4 N–H and O–H groups in total. The summed E-state index contributed by atoms with van der Waals surface area (Å²) < 4.78 is 0. The Balaban J connectivity index is 2.30. The van der Waals surface area contributed by atoms with Gasteiger partial charge in [-0.15, -0.1) is 0 Å². The van der Waals surface area contributed by atoms with Crippen LogP contribution in [0.5, 0.6) is 0 Å². The molecular weight excluding hydrogens is 190 g/mol. The summed E-state index contributed by atoms with van der Waals surface area (Å²) in [5.74, 6) is 0.733. The second kappa shape index (κ2) is 3.72. The van der Waals surface area contributed by atoms with Gasteiger partial charge in [-0.1, -0.05) is 18.2 Å². The van der Waals surface area contributed by atoms with Crippen LogP contribution in [0.25, 0.3) is 4.85 Å². The minimum Gasteiger partial charge on any atom is -0.393 e. The lowest BCUT2D eigenvalue weighted by atomic mass is 10.3. The third-order valence-electron chi connectivity index (χ3n) is 1.92. The zero-order valence-electron chi connectivity index (χ0n) is 7.86. The second-order valence-electron chi connectivity index (χ2n) is 2.94. The van der Waals surface area contributed by atoms with Gasteiger partial charge in [0, 0.05) is 5.69 Å². The molecule has 2 rings (SSSR count). The molecule has 1 heterocycles. The Bertz CT molecular complexity index is 494. The third kappa shape index (κ3) is 1.74. The number of hydrogen-bond acceptors (Lipinski definition) is 3. The fourth-order valence-corrected chi connectivity index (χ4v) is 1.21. The van der Waals surface area contributed by atoms with Gasteiger partial charge >= 0.3 is 0 Å². The molecule has 0 unspecified atom stereocenters. The SMILES string of the molecule is [C-]#[N+]c1c(Nc2ccccc2)n[nH]c1N. The Morgan fingerprint density at radius 1 is 1.33 bits per heavy atom. The van der Waals surface area contributed by atoms with E-state index in [4.69, 9.17) is 12.3 Å². The van der Waals surface area contributed by atoms with Crippen LogP contribution >= 0.6 is 0 Å². The predicted molar refractivity (Wildman–Crippen MR) is 59.0 cm³/mol. The van der Waals surface area contributed by atoms with Crippen LogP contribution in [0.1, 0.15) is 0 Å². The van der Waals surface area contributed by atoms with Gasteiger partial charge in [0.1, 0.15) is 5.82 Å². The monoisotopic (exact) mass is 199 g/mol. The maximum absolute atomic E-state index is 6.95. The van der Waals surface area contributed by atoms with E-state index >= 15 is 0 Å². The second-order valence-corrected chi connectivity index (χ2v) is 2.94. The zero-order valence-corrected chi connectivity index (χ0v) is 7.86. The van der Waals surface area contributed by atoms with Crippen LogP contribution in [0.3, 0.4) is 0 Å². The summed E-state index contributed by atoms with van der Waals surface area (Å²) in [6.45, 7) is 6.95. The zero-order chi connectivity index (χ0) is 10.7. The van der Waals surface area contributed by atoms with Crippen molar-refractivity contribution in [1.82, 2.24) is 10.2 Å². The highest BCUT2D eigenvalue weighted by atomic mass is 15.2. The number of aromatic nitrogens is 2. The molecule has 0 fully saturated rings. The van der Waals surface area contributed by atoms with Gasteiger partial charge in [-0.25, -0.2) is 4.85 Å². The molecule has 0 saturated carbocycles. The maximum Gasteiger partial charge on any atom is 0.270 e. The van der Waals surface area contributed by atoms with Crippen LogP contribution in [0, 0.1) is 6.57 Å². The molecule has 15 heavy (non-hydrogen) atoms. The highest BCUT2D eigenvalue weighted by Gasteiger charge is 2.10. The molecule has 5 nitrogen and oxygen atoms in total. The number of nitrogens with zero attached hydrogens (tertiary/aromatic N) is 2. The Labute approximate surface area is 86.7 Å². The molecule has 0 saturated heterocycles. The lowest BCUT2D eigenvalue weighted by Gasteiger charge is -2.01. The van der Waals surface area contributed by atoms with Crippen molar-refractivity contribution in [2.45, 2.75) is 0 Å². The van der Waals surface area contributed by atoms with Crippen LogP contribution in [0.4, 0.5) is 23.0 Å². The van der Waals surface area contributed by atoms with Gasteiger partial charge in [0.25, 0.3) is 5.69 Å². The number of para-hydroxylation sites is 1. The summed E-state index contributed by atoms with van der Waals surface area (Å²) in [6, 6.07) is 9.49. The third-order valence-corrected chi connectivity index (χ3v) is 1.92. The van der Waals surface area contributed by atoms with Crippen LogP contribution in [0.2, 0.25) is 0 Å². The lowest BCUT2D eigenvalue weighted by molar-refractivity contribution is 1.10. The van der Waals surface area contributed by atoms with Gasteiger partial charge in [-0.05, 0) is 12.1 Å². The van der Waals surface area contributed by atoms with E-state index in [1.54, 1.807) is 0 Å². The van der Waals surface area contributed by atoms with Gasteiger partial charge < -0.3 is 11.1 Å². The van der Waals surface area contributed by atoms with Gasteiger partial charge in [-0.3, -0.25) is 5.10 Å². The van der Waals surface area contributed by atoms with Crippen molar-refractivity contribution in [2.24, 2.45) is 0 Å². The highest BCUT2D eigenvalue weighted by Crippen LogP contribution is 2.30. The molecule has 0 aliphatic rings. The molecule has 2 aromatic rings. The van der Waals surface area contributed by atoms with Crippen molar-refractivity contribution in [3.63, 3.8) is 0 Å². The summed E-state index contributed by atoms with van der Waals surface area (Å²) in [6.07, 6.45) is 0. The fraction of sp³-hybridized carbons (Fsp3) is 0. The Hall–Kier alpha value is -2.48. The number of H-pyrrole nitrogens is 1. The number of nitrogens with one attached hydrogen (secondary N) is 2. The van der Waals surface area contributed by atoms with Crippen molar-refractivity contribution in [2.75, 3.05) is 11.1 Å². The smallest absolute Gasteiger partial charge is 0.270 e. The molecule has 1 aromatic heterocycles. The van der Waals surface area contributed by atoms with E-state index in [-0.39, 0.29) is 5.82 Å². The number of aromatic amines is 1. The largest absolute Gasteiger partial charge is 0.393 e. The summed E-state index contributed by atoms with van der Waals surface area (Å²) in [5.41, 5.74) is 6.72. The first-order valence-corrected chi connectivity index (χ1v) is 4.34. The van der Waals surface area contributed by atoms with Crippen molar-refractivity contribution in [3.05, 3.63) is 41.7 Å². The summed E-state index contributed by atoms with van der Waals surface area (Å²) in [5, 5.41) is 9.48. The van der Waals surface area contributed by atoms with Gasteiger partial charge in [0.05, 0.1) is 6.57 Å². The maximum atomic E-state index is 6.95. The van der Waals surface area contributed by atoms with E-state index in [0.29, 0.717) is 11.5 Å². The normalized spacial score (nSPS) is 9.53. The van der Waals surface area contributed by atoms with Crippen molar-refractivity contribution in [1.29, 1.82) is 0 Å². The first kappa shape index (κ1) is 9.09. The first-order valence-electron chi connectivity index (χ1n) is 4.34. The van der Waals surface area contributed by atoms with Crippen molar-refractivity contribution >= 4 is 23.0 Å². The molecule has 0 amide bonds. The van der Waals surface area contributed by atoms with Crippen LogP contribution in [-0.2, 0) is 0 Å². The standard InChI is InChI=1S/C10H9N5/c1-12-8-9(11)14-15-10(8)13-7-5-3-2-4-6-7/h2-6H,(H4,11,13,14,15). The number of benzene rings is 1. The molecule has 5 heteroatoms. The molecule has 0 bridgehead atoms. The van der Waals surface area contributed by atoms with E-state index in [1.165, 1.54) is 0 Å². The van der Waals surface area contributed by atoms with Crippen molar-refractivity contribution < 1.29 is 0 Å². The van der Waals surface area contributed by atoms with Gasteiger partial charge in [0.15, 0.2) is 5.82 Å². The summed E-state index contributed by atoms with van der Waals surface area (Å²) in [7, 11) is 0. The molecular formula is C10H9N5. The molecule has 0 atom stereocenters. The number of anilines is 3. The minimum absolute atomic E-state index is 0.281. The van der Waals surface area contributed by atoms with E-state index in [1.807, 2.05) is 30.3 Å². The topological polar surface area (TPSA) is 71.1 Å². The Kier molecular flexibility index (Phi) is 2.25. The van der Waals surface area contributed by atoms with E-state index in [2.05, 4.69) is 20.4 Å². The summed E-state index contributed by atoms with van der Waals surface area (Å²) >= 11 is 0. The fourth-order valence-electron chi connectivity index (χ4n) is 1.21. The number of nitrogens with two attached hydrogens (primary N) is 1. The average molecular weight is 199 g/mol.